The molecular weight excluding hydrogens is 446 g/mol. The fraction of sp³-hybridized carbons (Fsp3) is 0.500. The molecule has 7 nitrogen and oxygen atoms in total. The first-order valence-corrected chi connectivity index (χ1v) is 9.78. The minimum atomic E-state index is -6.04. The van der Waals surface area contributed by atoms with E-state index in [1.807, 2.05) is 0 Å². The standard InChI is InChI=1S/C16H16F6N2O5S/c1-23(30(28,29)13-8-6-12(7-9-13)24(26)27)11-4-2-10(3-5-11)14(25,15(17,18)19)16(20,21)22/h2-4,6-8,11,13,25H,5,9H2,1H3. The van der Waals surface area contributed by atoms with Gasteiger partial charge in [-0.2, -0.15) is 30.6 Å². The summed E-state index contributed by atoms with van der Waals surface area (Å²) in [7, 11) is -3.04. The fourth-order valence-corrected chi connectivity index (χ4v) is 4.56. The summed E-state index contributed by atoms with van der Waals surface area (Å²) in [5, 5.41) is 18.9. The number of nitrogens with zero attached hydrogens (tertiary/aromatic N) is 2. The number of hydrogen-bond donors (Lipinski definition) is 1. The van der Waals surface area contributed by atoms with Gasteiger partial charge in [0.15, 0.2) is 0 Å². The van der Waals surface area contributed by atoms with E-state index in [1.54, 1.807) is 0 Å². The average molecular weight is 462 g/mol. The molecule has 0 aromatic rings. The van der Waals surface area contributed by atoms with Gasteiger partial charge < -0.3 is 5.11 Å². The van der Waals surface area contributed by atoms with E-state index in [0.29, 0.717) is 12.2 Å². The van der Waals surface area contributed by atoms with Crippen molar-refractivity contribution in [2.75, 3.05) is 7.05 Å². The van der Waals surface area contributed by atoms with Gasteiger partial charge in [0.05, 0.1) is 10.2 Å². The zero-order valence-electron chi connectivity index (χ0n) is 15.2. The Morgan fingerprint density at radius 1 is 1.07 bits per heavy atom. The summed E-state index contributed by atoms with van der Waals surface area (Å²) in [6.45, 7) is 0. The second kappa shape index (κ2) is 7.81. The quantitative estimate of drug-likeness (QED) is 0.385. The van der Waals surface area contributed by atoms with Crippen molar-refractivity contribution >= 4 is 10.0 Å². The number of likely N-dealkylation sites (N-methyl/N-ethyl adjacent to an activating group) is 1. The number of nitro groups is 1. The molecule has 0 fully saturated rings. The lowest BCUT2D eigenvalue weighted by molar-refractivity contribution is -0.419. The molecule has 2 atom stereocenters. The van der Waals surface area contributed by atoms with E-state index in [0.717, 1.165) is 35.7 Å². The lowest BCUT2D eigenvalue weighted by atomic mass is 9.87. The van der Waals surface area contributed by atoms with E-state index in [-0.39, 0.29) is 12.1 Å². The summed E-state index contributed by atoms with van der Waals surface area (Å²) in [5.41, 5.74) is -6.84. The van der Waals surface area contributed by atoms with Crippen LogP contribution in [0.15, 0.2) is 47.7 Å². The molecule has 2 unspecified atom stereocenters. The van der Waals surface area contributed by atoms with Gasteiger partial charge in [-0.05, 0) is 24.5 Å². The zero-order valence-corrected chi connectivity index (χ0v) is 16.0. The van der Waals surface area contributed by atoms with Crippen molar-refractivity contribution in [3.8, 4) is 0 Å². The van der Waals surface area contributed by atoms with Crippen molar-refractivity contribution < 1.29 is 44.8 Å². The third-order valence-electron chi connectivity index (χ3n) is 4.82. The average Bonchev–Trinajstić information content (AvgIpc) is 2.65. The molecule has 0 amide bonds. The van der Waals surface area contributed by atoms with Crippen LogP contribution in [-0.2, 0) is 10.0 Å². The molecule has 1 N–H and O–H groups in total. The van der Waals surface area contributed by atoms with E-state index < -0.39 is 56.2 Å². The molecule has 2 aliphatic carbocycles. The summed E-state index contributed by atoms with van der Waals surface area (Å²) in [6, 6.07) is -1.11. The van der Waals surface area contributed by atoms with E-state index in [1.165, 1.54) is 0 Å². The Morgan fingerprint density at radius 3 is 2.00 bits per heavy atom. The van der Waals surface area contributed by atoms with Crippen LogP contribution in [0.25, 0.3) is 0 Å². The third-order valence-corrected chi connectivity index (χ3v) is 7.01. The highest BCUT2D eigenvalue weighted by atomic mass is 32.2. The lowest BCUT2D eigenvalue weighted by Crippen LogP contribution is -2.58. The minimum absolute atomic E-state index is 0.223. The smallest absolute Gasteiger partial charge is 0.370 e. The van der Waals surface area contributed by atoms with Gasteiger partial charge in [-0.25, -0.2) is 8.42 Å². The Kier molecular flexibility index (Phi) is 6.27. The second-order valence-corrected chi connectivity index (χ2v) is 8.82. The molecule has 0 aliphatic heterocycles. The van der Waals surface area contributed by atoms with E-state index in [9.17, 15) is 50.0 Å². The predicted molar refractivity (Wildman–Crippen MR) is 92.0 cm³/mol. The number of allylic oxidation sites excluding steroid dienone is 2. The monoisotopic (exact) mass is 462 g/mol. The first kappa shape index (κ1) is 24.1. The molecule has 0 aromatic carbocycles. The van der Waals surface area contributed by atoms with Crippen LogP contribution >= 0.6 is 0 Å². The van der Waals surface area contributed by atoms with Crippen LogP contribution in [0, 0.1) is 10.1 Å². The Morgan fingerprint density at radius 2 is 1.63 bits per heavy atom. The van der Waals surface area contributed by atoms with E-state index in [4.69, 9.17) is 0 Å². The van der Waals surface area contributed by atoms with Crippen LogP contribution in [0.2, 0.25) is 0 Å². The van der Waals surface area contributed by atoms with E-state index in [2.05, 4.69) is 0 Å². The van der Waals surface area contributed by atoms with Crippen LogP contribution in [0.1, 0.15) is 12.8 Å². The second-order valence-electron chi connectivity index (χ2n) is 6.61. The Labute approximate surface area is 166 Å². The summed E-state index contributed by atoms with van der Waals surface area (Å²) in [5.74, 6) is 0. The molecule has 0 spiro atoms. The van der Waals surface area contributed by atoms with Gasteiger partial charge in [-0.15, -0.1) is 0 Å². The van der Waals surface area contributed by atoms with Crippen molar-refractivity contribution in [1.29, 1.82) is 0 Å². The van der Waals surface area contributed by atoms with Crippen molar-refractivity contribution in [2.24, 2.45) is 0 Å². The van der Waals surface area contributed by atoms with Crippen LogP contribution < -0.4 is 0 Å². The van der Waals surface area contributed by atoms with Crippen molar-refractivity contribution in [2.45, 2.75) is 42.1 Å². The molecular formula is C16H16F6N2O5S. The molecule has 0 radical (unpaired) electrons. The van der Waals surface area contributed by atoms with Crippen molar-refractivity contribution in [3.05, 3.63) is 57.8 Å². The highest BCUT2D eigenvalue weighted by Gasteiger charge is 2.71. The molecule has 0 saturated heterocycles. The molecule has 0 bridgehead atoms. The summed E-state index contributed by atoms with van der Waals surface area (Å²) in [4.78, 5) is 9.97. The van der Waals surface area contributed by atoms with Crippen molar-refractivity contribution in [3.63, 3.8) is 0 Å². The molecule has 2 aliphatic rings. The maximum Gasteiger partial charge on any atom is 0.430 e. The van der Waals surface area contributed by atoms with Gasteiger partial charge in [0.25, 0.3) is 11.3 Å². The van der Waals surface area contributed by atoms with Gasteiger partial charge in [-0.3, -0.25) is 10.1 Å². The molecule has 30 heavy (non-hydrogen) atoms. The number of halogens is 6. The topological polar surface area (TPSA) is 101 Å². The van der Waals surface area contributed by atoms with Gasteiger partial charge in [-0.1, -0.05) is 24.3 Å². The summed E-state index contributed by atoms with van der Waals surface area (Å²) >= 11 is 0. The summed E-state index contributed by atoms with van der Waals surface area (Å²) < 4.78 is 104. The van der Waals surface area contributed by atoms with Crippen LogP contribution in [0.5, 0.6) is 0 Å². The lowest BCUT2D eigenvalue weighted by Gasteiger charge is -2.36. The molecule has 0 aromatic heterocycles. The molecule has 2 rings (SSSR count). The largest absolute Gasteiger partial charge is 0.430 e. The number of alkyl halides is 6. The Balaban J connectivity index is 2.22. The van der Waals surface area contributed by atoms with Gasteiger partial charge in [0, 0.05) is 19.2 Å². The number of sulfonamides is 1. The first-order valence-electron chi connectivity index (χ1n) is 8.27. The summed E-state index contributed by atoms with van der Waals surface area (Å²) in [6.07, 6.45) is -7.98. The zero-order chi connectivity index (χ0) is 23.1. The maximum atomic E-state index is 12.9. The molecule has 14 heteroatoms. The van der Waals surface area contributed by atoms with Gasteiger partial charge >= 0.3 is 12.4 Å². The van der Waals surface area contributed by atoms with Crippen LogP contribution in [-0.4, -0.2) is 59.0 Å². The minimum Gasteiger partial charge on any atom is -0.370 e. The van der Waals surface area contributed by atoms with Gasteiger partial charge in [0.2, 0.25) is 10.0 Å². The molecule has 0 heterocycles. The van der Waals surface area contributed by atoms with Gasteiger partial charge in [0.1, 0.15) is 0 Å². The predicted octanol–water partition coefficient (Wildman–Crippen LogP) is 2.85. The molecule has 0 saturated carbocycles. The maximum absolute atomic E-state index is 12.9. The third kappa shape index (κ3) is 4.16. The SMILES string of the molecule is CN(C1C=CC(C(O)(C(F)(F)F)C(F)(F)F)=CC1)S(=O)(=O)C1C=CC([N+](=O)[O-])=CC1. The van der Waals surface area contributed by atoms with Crippen LogP contribution in [0.3, 0.4) is 0 Å². The highest BCUT2D eigenvalue weighted by Crippen LogP contribution is 2.48. The van der Waals surface area contributed by atoms with Crippen LogP contribution in [0.4, 0.5) is 26.3 Å². The van der Waals surface area contributed by atoms with Crippen molar-refractivity contribution in [1.82, 2.24) is 4.31 Å². The normalized spacial score (nSPS) is 23.4. The fourth-order valence-electron chi connectivity index (χ4n) is 2.98. The Hall–Kier alpha value is -2.19. The first-order chi connectivity index (χ1) is 13.5. The highest BCUT2D eigenvalue weighted by molar-refractivity contribution is 7.89. The Bertz CT molecular complexity index is 919. The van der Waals surface area contributed by atoms with E-state index >= 15 is 0 Å². The number of hydrogen-bond acceptors (Lipinski definition) is 5. The number of rotatable bonds is 5. The number of aliphatic hydroxyl groups is 1. The molecule has 168 valence electrons.